The monoisotopic (exact) mass is 302 g/mol. The molecule has 94 valence electrons. The van der Waals surface area contributed by atoms with Gasteiger partial charge in [-0.2, -0.15) is 0 Å². The molecule has 0 aromatic heterocycles. The van der Waals surface area contributed by atoms with Gasteiger partial charge < -0.3 is 10.5 Å². The van der Waals surface area contributed by atoms with Gasteiger partial charge in [0.15, 0.2) is 0 Å². The molecule has 0 unspecified atom stereocenters. The predicted octanol–water partition coefficient (Wildman–Crippen LogP) is 3.32. The van der Waals surface area contributed by atoms with Gasteiger partial charge in [-0.3, -0.25) is 5.41 Å². The third-order valence-electron chi connectivity index (χ3n) is 2.62. The van der Waals surface area contributed by atoms with Crippen molar-refractivity contribution < 1.29 is 9.13 Å². The summed E-state index contributed by atoms with van der Waals surface area (Å²) in [4.78, 5) is 0. The molecule has 0 aliphatic carbocycles. The molecule has 0 aliphatic rings. The Bertz CT molecular complexity index is 421. The summed E-state index contributed by atoms with van der Waals surface area (Å²) in [5.41, 5.74) is 5.06. The molecule has 0 radical (unpaired) electrons. The zero-order chi connectivity index (χ0) is 13.1. The van der Waals surface area contributed by atoms with Crippen LogP contribution in [0.1, 0.15) is 20.3 Å². The molecular weight excluding hydrogens is 287 g/mol. The summed E-state index contributed by atoms with van der Waals surface area (Å²) < 4.78 is 19.0. The second kappa shape index (κ2) is 5.49. The van der Waals surface area contributed by atoms with Gasteiger partial charge in [0.05, 0.1) is 16.9 Å². The zero-order valence-electron chi connectivity index (χ0n) is 9.89. The summed E-state index contributed by atoms with van der Waals surface area (Å²) in [6.45, 7) is 4.15. The van der Waals surface area contributed by atoms with Crippen molar-refractivity contribution >= 4 is 21.8 Å². The Balaban J connectivity index is 2.51. The molecular formula is C12H16BrFN2O. The lowest BCUT2D eigenvalue weighted by Crippen LogP contribution is -2.32. The van der Waals surface area contributed by atoms with Crippen LogP contribution in [0.5, 0.6) is 5.75 Å². The van der Waals surface area contributed by atoms with Crippen LogP contribution in [0.2, 0.25) is 0 Å². The first-order valence-electron chi connectivity index (χ1n) is 5.25. The van der Waals surface area contributed by atoms with Crippen LogP contribution >= 0.6 is 15.9 Å². The van der Waals surface area contributed by atoms with Crippen LogP contribution in [0.25, 0.3) is 0 Å². The van der Waals surface area contributed by atoms with Gasteiger partial charge in [0.2, 0.25) is 0 Å². The fraction of sp³-hybridized carbons (Fsp3) is 0.417. The second-order valence-electron chi connectivity index (χ2n) is 4.47. The summed E-state index contributed by atoms with van der Waals surface area (Å²) in [5.74, 6) is 0.251. The van der Waals surface area contributed by atoms with E-state index < -0.39 is 5.41 Å². The van der Waals surface area contributed by atoms with Crippen molar-refractivity contribution in [2.24, 2.45) is 11.1 Å². The fourth-order valence-electron chi connectivity index (χ4n) is 1.13. The largest absolute Gasteiger partial charge is 0.493 e. The maximum Gasteiger partial charge on any atom is 0.141 e. The second-order valence-corrected chi connectivity index (χ2v) is 5.33. The average molecular weight is 303 g/mol. The number of ether oxygens (including phenoxy) is 1. The Morgan fingerprint density at radius 3 is 2.71 bits per heavy atom. The number of hydrogen-bond acceptors (Lipinski definition) is 2. The number of rotatable bonds is 5. The fourth-order valence-corrected chi connectivity index (χ4v) is 1.37. The molecule has 1 rings (SSSR count). The lowest BCUT2D eigenvalue weighted by atomic mass is 9.88. The Hall–Kier alpha value is -1.10. The van der Waals surface area contributed by atoms with Crippen LogP contribution in [0.3, 0.4) is 0 Å². The van der Waals surface area contributed by atoms with E-state index in [1.165, 1.54) is 6.07 Å². The number of hydrogen-bond donors (Lipinski definition) is 2. The zero-order valence-corrected chi connectivity index (χ0v) is 11.5. The van der Waals surface area contributed by atoms with E-state index in [4.69, 9.17) is 15.9 Å². The Labute approximate surface area is 109 Å². The highest BCUT2D eigenvalue weighted by molar-refractivity contribution is 9.10. The molecule has 17 heavy (non-hydrogen) atoms. The van der Waals surface area contributed by atoms with Gasteiger partial charge in [0.1, 0.15) is 11.6 Å². The molecule has 5 heteroatoms. The number of benzene rings is 1. The molecule has 1 aromatic carbocycles. The van der Waals surface area contributed by atoms with E-state index >= 15 is 0 Å². The quantitative estimate of drug-likeness (QED) is 0.647. The smallest absolute Gasteiger partial charge is 0.141 e. The van der Waals surface area contributed by atoms with Gasteiger partial charge in [-0.25, -0.2) is 4.39 Å². The molecule has 3 N–H and O–H groups in total. The highest BCUT2D eigenvalue weighted by Crippen LogP contribution is 2.23. The van der Waals surface area contributed by atoms with Crippen molar-refractivity contribution in [1.82, 2.24) is 0 Å². The van der Waals surface area contributed by atoms with Crippen LogP contribution in [-0.4, -0.2) is 12.4 Å². The first-order chi connectivity index (χ1) is 7.83. The van der Waals surface area contributed by atoms with Crippen LogP contribution in [0.4, 0.5) is 4.39 Å². The van der Waals surface area contributed by atoms with Crippen molar-refractivity contribution in [3.63, 3.8) is 0 Å². The van der Waals surface area contributed by atoms with Gasteiger partial charge in [-0.1, -0.05) is 13.8 Å². The number of amidine groups is 1. The molecule has 0 fully saturated rings. The van der Waals surface area contributed by atoms with Crippen molar-refractivity contribution in [2.75, 3.05) is 6.61 Å². The number of halogens is 2. The van der Waals surface area contributed by atoms with E-state index in [1.54, 1.807) is 12.1 Å². The van der Waals surface area contributed by atoms with E-state index in [1.807, 2.05) is 13.8 Å². The third-order valence-corrected chi connectivity index (χ3v) is 3.26. The van der Waals surface area contributed by atoms with Crippen LogP contribution in [-0.2, 0) is 0 Å². The highest BCUT2D eigenvalue weighted by Gasteiger charge is 2.21. The van der Waals surface area contributed by atoms with Gasteiger partial charge >= 0.3 is 0 Å². The number of nitrogens with one attached hydrogen (secondary N) is 1. The Kier molecular flexibility index (Phi) is 4.51. The average Bonchev–Trinajstić information content (AvgIpc) is 2.23. The van der Waals surface area contributed by atoms with Crippen molar-refractivity contribution in [2.45, 2.75) is 20.3 Å². The molecule has 3 nitrogen and oxygen atoms in total. The normalized spacial score (nSPS) is 11.3. The van der Waals surface area contributed by atoms with E-state index in [0.717, 1.165) is 0 Å². The maximum atomic E-state index is 13.2. The van der Waals surface area contributed by atoms with Gasteiger partial charge in [0.25, 0.3) is 0 Å². The van der Waals surface area contributed by atoms with Gasteiger partial charge in [0, 0.05) is 11.5 Å². The third kappa shape index (κ3) is 4.00. The van der Waals surface area contributed by atoms with E-state index in [2.05, 4.69) is 15.9 Å². The Morgan fingerprint density at radius 2 is 2.18 bits per heavy atom. The predicted molar refractivity (Wildman–Crippen MR) is 69.9 cm³/mol. The van der Waals surface area contributed by atoms with E-state index in [-0.39, 0.29) is 11.7 Å². The molecule has 0 saturated heterocycles. The lowest BCUT2D eigenvalue weighted by Gasteiger charge is -2.22. The summed E-state index contributed by atoms with van der Waals surface area (Å²) in [6, 6.07) is 4.61. The minimum Gasteiger partial charge on any atom is -0.493 e. The first-order valence-corrected chi connectivity index (χ1v) is 6.04. The van der Waals surface area contributed by atoms with E-state index in [0.29, 0.717) is 23.2 Å². The molecule has 0 atom stereocenters. The summed E-state index contributed by atoms with van der Waals surface area (Å²) in [6.07, 6.45) is 0.611. The van der Waals surface area contributed by atoms with Gasteiger partial charge in [-0.15, -0.1) is 0 Å². The number of nitrogens with two attached hydrogens (primary N) is 1. The molecule has 0 heterocycles. The van der Waals surface area contributed by atoms with Crippen LogP contribution in [0, 0.1) is 16.6 Å². The first kappa shape index (κ1) is 14.0. The minimum atomic E-state index is -0.395. The molecule has 0 bridgehead atoms. The molecule has 0 saturated carbocycles. The van der Waals surface area contributed by atoms with Crippen LogP contribution in [0.15, 0.2) is 22.7 Å². The van der Waals surface area contributed by atoms with E-state index in [9.17, 15) is 4.39 Å². The van der Waals surface area contributed by atoms with Crippen LogP contribution < -0.4 is 10.5 Å². The minimum absolute atomic E-state index is 0.128. The Morgan fingerprint density at radius 1 is 1.53 bits per heavy atom. The van der Waals surface area contributed by atoms with Crippen molar-refractivity contribution in [3.8, 4) is 5.75 Å². The molecule has 0 aliphatic heterocycles. The van der Waals surface area contributed by atoms with Gasteiger partial charge in [-0.05, 0) is 34.5 Å². The van der Waals surface area contributed by atoms with Crippen molar-refractivity contribution in [3.05, 3.63) is 28.5 Å². The summed E-state index contributed by atoms with van der Waals surface area (Å²) in [7, 11) is 0. The summed E-state index contributed by atoms with van der Waals surface area (Å²) >= 11 is 3.07. The SMILES string of the molecule is CC(C)(CCOc1ccc(Br)c(F)c1)C(=N)N. The summed E-state index contributed by atoms with van der Waals surface area (Å²) in [5, 5.41) is 7.40. The van der Waals surface area contributed by atoms with Crippen molar-refractivity contribution in [1.29, 1.82) is 5.41 Å². The molecule has 0 amide bonds. The standard InChI is InChI=1S/C12H16BrFN2O/c1-12(2,11(15)16)5-6-17-8-3-4-9(13)10(14)7-8/h3-4,7H,5-6H2,1-2H3,(H3,15,16). The lowest BCUT2D eigenvalue weighted by molar-refractivity contribution is 0.267. The maximum absolute atomic E-state index is 13.2. The molecule has 1 aromatic rings. The topological polar surface area (TPSA) is 59.1 Å². The highest BCUT2D eigenvalue weighted by atomic mass is 79.9. The molecule has 0 spiro atoms.